The highest BCUT2D eigenvalue weighted by Gasteiger charge is 2.30. The van der Waals surface area contributed by atoms with Gasteiger partial charge >= 0.3 is 6.61 Å². The number of ether oxygens (including phenoxy) is 1. The van der Waals surface area contributed by atoms with Crippen molar-refractivity contribution in [1.29, 1.82) is 0 Å². The van der Waals surface area contributed by atoms with Crippen LogP contribution in [0.1, 0.15) is 27.2 Å². The molecule has 0 spiro atoms. The van der Waals surface area contributed by atoms with Crippen molar-refractivity contribution in [2.75, 3.05) is 6.54 Å². The van der Waals surface area contributed by atoms with Gasteiger partial charge in [0.25, 0.3) is 0 Å². The first-order valence-corrected chi connectivity index (χ1v) is 8.83. The van der Waals surface area contributed by atoms with Gasteiger partial charge in [-0.05, 0) is 37.5 Å². The molecule has 5 nitrogen and oxygen atoms in total. The van der Waals surface area contributed by atoms with Crippen LogP contribution in [-0.2, 0) is 10.0 Å². The van der Waals surface area contributed by atoms with Crippen molar-refractivity contribution in [2.24, 2.45) is 11.7 Å². The van der Waals surface area contributed by atoms with E-state index in [1.165, 1.54) is 0 Å². The minimum Gasteiger partial charge on any atom is -0.433 e. The Morgan fingerprint density at radius 2 is 1.96 bits per heavy atom. The van der Waals surface area contributed by atoms with Crippen LogP contribution < -0.4 is 15.2 Å². The Hall–Kier alpha value is -0.670. The standard InChI is InChI=1S/C14H21ClF2N2O3S.ClH/c1-9(2)7-14(3,8-18)19-23(20,21)10-4-5-12(11(15)6-10)22-13(16)17;/h4-6,9,13,19H,7-8,18H2,1-3H3;1H. The number of benzene rings is 1. The summed E-state index contributed by atoms with van der Waals surface area (Å²) in [6.45, 7) is 2.69. The zero-order valence-corrected chi connectivity index (χ0v) is 15.9. The van der Waals surface area contributed by atoms with E-state index in [-0.39, 0.29) is 40.5 Å². The number of halogens is 4. The summed E-state index contributed by atoms with van der Waals surface area (Å²) in [5.74, 6) is -0.0546. The highest BCUT2D eigenvalue weighted by molar-refractivity contribution is 7.89. The zero-order chi connectivity index (χ0) is 17.8. The summed E-state index contributed by atoms with van der Waals surface area (Å²) >= 11 is 5.79. The molecule has 0 fully saturated rings. The van der Waals surface area contributed by atoms with Crippen molar-refractivity contribution >= 4 is 34.0 Å². The Labute approximate surface area is 152 Å². The van der Waals surface area contributed by atoms with Crippen LogP contribution in [0, 0.1) is 5.92 Å². The van der Waals surface area contributed by atoms with Crippen molar-refractivity contribution in [2.45, 2.75) is 44.2 Å². The van der Waals surface area contributed by atoms with Gasteiger partial charge in [0, 0.05) is 12.1 Å². The number of nitrogens with two attached hydrogens (primary N) is 1. The van der Waals surface area contributed by atoms with E-state index in [1.54, 1.807) is 6.92 Å². The lowest BCUT2D eigenvalue weighted by molar-refractivity contribution is -0.0498. The molecule has 1 aromatic rings. The molecule has 0 aromatic heterocycles. The number of rotatable bonds is 8. The van der Waals surface area contributed by atoms with Crippen LogP contribution in [0.5, 0.6) is 5.75 Å². The molecule has 3 N–H and O–H groups in total. The average Bonchev–Trinajstić information content (AvgIpc) is 2.38. The Balaban J connectivity index is 0.00000529. The molecule has 0 saturated heterocycles. The normalized spacial score (nSPS) is 14.4. The number of hydrogen-bond donors (Lipinski definition) is 2. The average molecular weight is 407 g/mol. The summed E-state index contributed by atoms with van der Waals surface area (Å²) in [6, 6.07) is 3.30. The fourth-order valence-electron chi connectivity index (χ4n) is 2.29. The molecular formula is C14H22Cl2F2N2O3S. The van der Waals surface area contributed by atoms with Gasteiger partial charge < -0.3 is 10.5 Å². The van der Waals surface area contributed by atoms with E-state index in [9.17, 15) is 17.2 Å². The third kappa shape index (κ3) is 6.68. The van der Waals surface area contributed by atoms with E-state index < -0.39 is 22.2 Å². The van der Waals surface area contributed by atoms with E-state index in [4.69, 9.17) is 17.3 Å². The van der Waals surface area contributed by atoms with Crippen LogP contribution in [0.15, 0.2) is 23.1 Å². The molecule has 1 aromatic carbocycles. The number of nitrogens with one attached hydrogen (secondary N) is 1. The van der Waals surface area contributed by atoms with Crippen molar-refractivity contribution in [3.63, 3.8) is 0 Å². The summed E-state index contributed by atoms with van der Waals surface area (Å²) in [5, 5.41) is -0.216. The van der Waals surface area contributed by atoms with Crippen molar-refractivity contribution in [3.05, 3.63) is 23.2 Å². The maximum absolute atomic E-state index is 12.5. The van der Waals surface area contributed by atoms with E-state index >= 15 is 0 Å². The van der Waals surface area contributed by atoms with Crippen molar-refractivity contribution in [3.8, 4) is 5.75 Å². The van der Waals surface area contributed by atoms with Gasteiger partial charge in [-0.1, -0.05) is 25.4 Å². The molecule has 0 heterocycles. The Morgan fingerprint density at radius 1 is 1.38 bits per heavy atom. The van der Waals surface area contributed by atoms with Gasteiger partial charge in [-0.25, -0.2) is 13.1 Å². The summed E-state index contributed by atoms with van der Waals surface area (Å²) in [4.78, 5) is -0.146. The molecule has 24 heavy (non-hydrogen) atoms. The number of sulfonamides is 1. The molecular weight excluding hydrogens is 385 g/mol. The molecule has 1 unspecified atom stereocenters. The predicted molar refractivity (Wildman–Crippen MR) is 92.6 cm³/mol. The molecule has 0 amide bonds. The third-order valence-electron chi connectivity index (χ3n) is 3.12. The topological polar surface area (TPSA) is 81.4 Å². The Morgan fingerprint density at radius 3 is 2.38 bits per heavy atom. The minimum atomic E-state index is -3.90. The van der Waals surface area contributed by atoms with E-state index in [1.807, 2.05) is 13.8 Å². The first kappa shape index (κ1) is 23.3. The first-order valence-electron chi connectivity index (χ1n) is 6.97. The second-order valence-electron chi connectivity index (χ2n) is 5.94. The molecule has 0 aliphatic carbocycles. The van der Waals surface area contributed by atoms with Crippen LogP contribution in [0.2, 0.25) is 5.02 Å². The van der Waals surface area contributed by atoms with Crippen molar-refractivity contribution in [1.82, 2.24) is 4.72 Å². The lowest BCUT2D eigenvalue weighted by Gasteiger charge is -2.30. The Bertz CT molecular complexity index is 645. The fourth-order valence-corrected chi connectivity index (χ4v) is 4.03. The van der Waals surface area contributed by atoms with Crippen molar-refractivity contribution < 1.29 is 21.9 Å². The molecule has 0 saturated carbocycles. The summed E-state index contributed by atoms with van der Waals surface area (Å²) < 4.78 is 56.1. The van der Waals surface area contributed by atoms with Gasteiger partial charge in [-0.15, -0.1) is 12.4 Å². The molecule has 0 radical (unpaired) electrons. The highest BCUT2D eigenvalue weighted by Crippen LogP contribution is 2.29. The third-order valence-corrected chi connectivity index (χ3v) is 5.05. The largest absolute Gasteiger partial charge is 0.433 e. The monoisotopic (exact) mass is 406 g/mol. The van der Waals surface area contributed by atoms with Gasteiger partial charge in [0.05, 0.1) is 9.92 Å². The lowest BCUT2D eigenvalue weighted by Crippen LogP contribution is -2.51. The number of hydrogen-bond acceptors (Lipinski definition) is 4. The second kappa shape index (κ2) is 9.15. The van der Waals surface area contributed by atoms with Gasteiger partial charge in [-0.2, -0.15) is 8.78 Å². The summed E-state index contributed by atoms with van der Waals surface area (Å²) in [7, 11) is -3.90. The fraction of sp³-hybridized carbons (Fsp3) is 0.571. The smallest absolute Gasteiger partial charge is 0.387 e. The van der Waals surface area contributed by atoms with E-state index in [0.29, 0.717) is 6.42 Å². The van der Waals surface area contributed by atoms with Crippen LogP contribution >= 0.6 is 24.0 Å². The minimum absolute atomic E-state index is 0. The molecule has 1 atom stereocenters. The van der Waals surface area contributed by atoms with Crippen LogP contribution in [-0.4, -0.2) is 27.1 Å². The Kier molecular flexibility index (Phi) is 8.89. The molecule has 10 heteroatoms. The number of alkyl halides is 2. The van der Waals surface area contributed by atoms with E-state index in [0.717, 1.165) is 18.2 Å². The highest BCUT2D eigenvalue weighted by atomic mass is 35.5. The molecule has 140 valence electrons. The molecule has 0 bridgehead atoms. The van der Waals surface area contributed by atoms with Crippen LogP contribution in [0.25, 0.3) is 0 Å². The quantitative estimate of drug-likeness (QED) is 0.692. The second-order valence-corrected chi connectivity index (χ2v) is 8.03. The van der Waals surface area contributed by atoms with Gasteiger partial charge in [-0.3, -0.25) is 0 Å². The molecule has 0 aliphatic rings. The van der Waals surface area contributed by atoms with Crippen LogP contribution in [0.4, 0.5) is 8.78 Å². The zero-order valence-electron chi connectivity index (χ0n) is 13.6. The van der Waals surface area contributed by atoms with E-state index in [2.05, 4.69) is 9.46 Å². The summed E-state index contributed by atoms with van der Waals surface area (Å²) in [6.07, 6.45) is 0.545. The molecule has 0 aliphatic heterocycles. The van der Waals surface area contributed by atoms with Crippen LogP contribution in [0.3, 0.4) is 0 Å². The molecule has 1 rings (SSSR count). The predicted octanol–water partition coefficient (Wildman–Crippen LogP) is 3.41. The maximum Gasteiger partial charge on any atom is 0.387 e. The maximum atomic E-state index is 12.5. The SMILES string of the molecule is CC(C)CC(C)(CN)NS(=O)(=O)c1ccc(OC(F)F)c(Cl)c1.Cl. The van der Waals surface area contributed by atoms with Gasteiger partial charge in [0.1, 0.15) is 5.75 Å². The summed E-state index contributed by atoms with van der Waals surface area (Å²) in [5.41, 5.74) is 4.87. The van der Waals surface area contributed by atoms with Gasteiger partial charge in [0.2, 0.25) is 10.0 Å². The lowest BCUT2D eigenvalue weighted by atomic mass is 9.92. The van der Waals surface area contributed by atoms with Gasteiger partial charge in [0.15, 0.2) is 0 Å². The first-order chi connectivity index (χ1) is 10.5.